The van der Waals surface area contributed by atoms with Gasteiger partial charge in [0.15, 0.2) is 0 Å². The highest BCUT2D eigenvalue weighted by Gasteiger charge is 1.89. The summed E-state index contributed by atoms with van der Waals surface area (Å²) in [5.74, 6) is 0.899. The lowest BCUT2D eigenvalue weighted by Gasteiger charge is -2.02. The predicted molar refractivity (Wildman–Crippen MR) is 49.0 cm³/mol. The quantitative estimate of drug-likeness (QED) is 0.647. The van der Waals surface area contributed by atoms with Crippen molar-refractivity contribution in [3.63, 3.8) is 0 Å². The molecule has 0 unspecified atom stereocenters. The Morgan fingerprint density at radius 1 is 1.33 bits per heavy atom. The Balaban J connectivity index is 2.16. The van der Waals surface area contributed by atoms with Crippen molar-refractivity contribution in [2.24, 2.45) is 0 Å². The molecule has 0 aliphatic carbocycles. The summed E-state index contributed by atoms with van der Waals surface area (Å²) >= 11 is 0. The number of aliphatic hydroxyl groups excluding tert-OH is 1. The maximum Gasteiger partial charge on any atom is 0.125 e. The number of nitrogens with zero attached hydrogens (tertiary/aromatic N) is 1. The number of hydrogen-bond acceptors (Lipinski definition) is 3. The van der Waals surface area contributed by atoms with Crippen molar-refractivity contribution in [2.75, 3.05) is 18.5 Å². The van der Waals surface area contributed by atoms with E-state index in [2.05, 4.69) is 10.3 Å². The average molecular weight is 166 g/mol. The van der Waals surface area contributed by atoms with Crippen LogP contribution in [0.25, 0.3) is 0 Å². The summed E-state index contributed by atoms with van der Waals surface area (Å²) in [6.07, 6.45) is 3.58. The largest absolute Gasteiger partial charge is 0.396 e. The van der Waals surface area contributed by atoms with Crippen LogP contribution in [0.3, 0.4) is 0 Å². The smallest absolute Gasteiger partial charge is 0.125 e. The van der Waals surface area contributed by atoms with E-state index in [0.717, 1.165) is 25.2 Å². The first-order valence-corrected chi connectivity index (χ1v) is 4.19. The third-order valence-corrected chi connectivity index (χ3v) is 1.56. The molecule has 0 atom stereocenters. The molecule has 0 aliphatic heterocycles. The van der Waals surface area contributed by atoms with Gasteiger partial charge in [-0.05, 0) is 25.0 Å². The molecule has 0 fully saturated rings. The minimum atomic E-state index is 0.268. The van der Waals surface area contributed by atoms with Crippen LogP contribution in [-0.2, 0) is 0 Å². The summed E-state index contributed by atoms with van der Waals surface area (Å²) in [6, 6.07) is 5.76. The maximum atomic E-state index is 8.52. The van der Waals surface area contributed by atoms with Gasteiger partial charge in [-0.2, -0.15) is 0 Å². The van der Waals surface area contributed by atoms with E-state index in [9.17, 15) is 0 Å². The molecule has 0 saturated heterocycles. The summed E-state index contributed by atoms with van der Waals surface area (Å²) in [5, 5.41) is 11.7. The van der Waals surface area contributed by atoms with Gasteiger partial charge in [0, 0.05) is 19.3 Å². The van der Waals surface area contributed by atoms with E-state index in [0.29, 0.717) is 0 Å². The zero-order chi connectivity index (χ0) is 8.65. The molecule has 1 rings (SSSR count). The lowest BCUT2D eigenvalue weighted by molar-refractivity contribution is 0.286. The van der Waals surface area contributed by atoms with Gasteiger partial charge in [0.2, 0.25) is 0 Å². The van der Waals surface area contributed by atoms with Gasteiger partial charge in [0.25, 0.3) is 0 Å². The van der Waals surface area contributed by atoms with E-state index in [1.807, 2.05) is 18.2 Å². The normalized spacial score (nSPS) is 9.75. The van der Waals surface area contributed by atoms with Crippen molar-refractivity contribution in [3.8, 4) is 0 Å². The van der Waals surface area contributed by atoms with Crippen LogP contribution in [0, 0.1) is 0 Å². The number of pyridine rings is 1. The molecule has 1 aromatic heterocycles. The number of unbranched alkanes of at least 4 members (excludes halogenated alkanes) is 1. The third kappa shape index (κ3) is 3.34. The number of anilines is 1. The van der Waals surface area contributed by atoms with E-state index >= 15 is 0 Å². The monoisotopic (exact) mass is 166 g/mol. The molecule has 0 amide bonds. The summed E-state index contributed by atoms with van der Waals surface area (Å²) < 4.78 is 0. The molecule has 1 aromatic rings. The Morgan fingerprint density at radius 3 is 2.92 bits per heavy atom. The van der Waals surface area contributed by atoms with Gasteiger partial charge in [-0.1, -0.05) is 6.07 Å². The second-order valence-corrected chi connectivity index (χ2v) is 2.57. The summed E-state index contributed by atoms with van der Waals surface area (Å²) in [4.78, 5) is 4.10. The van der Waals surface area contributed by atoms with Gasteiger partial charge in [-0.25, -0.2) is 4.98 Å². The van der Waals surface area contributed by atoms with E-state index in [4.69, 9.17) is 5.11 Å². The molecule has 66 valence electrons. The molecule has 3 nitrogen and oxygen atoms in total. The van der Waals surface area contributed by atoms with Crippen LogP contribution in [0.4, 0.5) is 5.82 Å². The van der Waals surface area contributed by atoms with Crippen LogP contribution in [0.1, 0.15) is 12.8 Å². The van der Waals surface area contributed by atoms with Gasteiger partial charge in [-0.3, -0.25) is 0 Å². The van der Waals surface area contributed by atoms with Crippen LogP contribution in [0.5, 0.6) is 0 Å². The molecule has 0 aliphatic rings. The number of hydrogen-bond donors (Lipinski definition) is 2. The van der Waals surface area contributed by atoms with Crippen molar-refractivity contribution >= 4 is 5.82 Å². The van der Waals surface area contributed by atoms with Crippen LogP contribution < -0.4 is 5.32 Å². The van der Waals surface area contributed by atoms with E-state index in [-0.39, 0.29) is 6.61 Å². The second-order valence-electron chi connectivity index (χ2n) is 2.57. The van der Waals surface area contributed by atoms with E-state index < -0.39 is 0 Å². The van der Waals surface area contributed by atoms with Crippen molar-refractivity contribution in [1.29, 1.82) is 0 Å². The molecule has 0 radical (unpaired) electrons. The first-order chi connectivity index (χ1) is 5.93. The number of aliphatic hydroxyl groups is 1. The van der Waals surface area contributed by atoms with Gasteiger partial charge >= 0.3 is 0 Å². The zero-order valence-corrected chi connectivity index (χ0v) is 7.03. The standard InChI is InChI=1S/C9H14N2O/c12-8-4-3-7-11-9-5-1-2-6-10-9/h1-2,5-6,12H,3-4,7-8H2,(H,10,11). The maximum absolute atomic E-state index is 8.52. The highest BCUT2D eigenvalue weighted by atomic mass is 16.2. The van der Waals surface area contributed by atoms with E-state index in [1.165, 1.54) is 0 Å². The lowest BCUT2D eigenvalue weighted by Crippen LogP contribution is -2.03. The van der Waals surface area contributed by atoms with Crippen molar-refractivity contribution in [3.05, 3.63) is 24.4 Å². The van der Waals surface area contributed by atoms with Crippen LogP contribution in [-0.4, -0.2) is 23.2 Å². The van der Waals surface area contributed by atoms with Gasteiger partial charge < -0.3 is 10.4 Å². The first kappa shape index (κ1) is 9.00. The van der Waals surface area contributed by atoms with Gasteiger partial charge in [0.1, 0.15) is 5.82 Å². The second kappa shape index (κ2) is 5.55. The highest BCUT2D eigenvalue weighted by Crippen LogP contribution is 1.99. The topological polar surface area (TPSA) is 45.1 Å². The fraction of sp³-hybridized carbons (Fsp3) is 0.444. The highest BCUT2D eigenvalue weighted by molar-refractivity contribution is 5.32. The molecule has 0 spiro atoms. The molecular weight excluding hydrogens is 152 g/mol. The van der Waals surface area contributed by atoms with E-state index in [1.54, 1.807) is 6.20 Å². The number of nitrogens with one attached hydrogen (secondary N) is 1. The fourth-order valence-corrected chi connectivity index (χ4v) is 0.921. The Labute approximate surface area is 72.5 Å². The van der Waals surface area contributed by atoms with Gasteiger partial charge in [-0.15, -0.1) is 0 Å². The predicted octanol–water partition coefficient (Wildman–Crippen LogP) is 1.27. The van der Waals surface area contributed by atoms with Crippen LogP contribution in [0.2, 0.25) is 0 Å². The molecule has 0 saturated carbocycles. The average Bonchev–Trinajstić information content (AvgIpc) is 2.14. The number of aromatic nitrogens is 1. The van der Waals surface area contributed by atoms with Crippen molar-refractivity contribution < 1.29 is 5.11 Å². The Hall–Kier alpha value is -1.09. The minimum absolute atomic E-state index is 0.268. The van der Waals surface area contributed by atoms with Crippen molar-refractivity contribution in [1.82, 2.24) is 4.98 Å². The molecule has 0 bridgehead atoms. The fourth-order valence-electron chi connectivity index (χ4n) is 0.921. The molecule has 1 heterocycles. The molecule has 12 heavy (non-hydrogen) atoms. The Morgan fingerprint density at radius 2 is 2.25 bits per heavy atom. The molecule has 3 heteroatoms. The first-order valence-electron chi connectivity index (χ1n) is 4.19. The third-order valence-electron chi connectivity index (χ3n) is 1.56. The van der Waals surface area contributed by atoms with Crippen molar-refractivity contribution in [2.45, 2.75) is 12.8 Å². The zero-order valence-electron chi connectivity index (χ0n) is 7.03. The Kier molecular flexibility index (Phi) is 4.16. The summed E-state index contributed by atoms with van der Waals surface area (Å²) in [5.41, 5.74) is 0. The SMILES string of the molecule is OCCCCNc1ccccn1. The van der Waals surface area contributed by atoms with Crippen LogP contribution in [0.15, 0.2) is 24.4 Å². The number of rotatable bonds is 5. The minimum Gasteiger partial charge on any atom is -0.396 e. The molecule has 0 aromatic carbocycles. The van der Waals surface area contributed by atoms with Gasteiger partial charge in [0.05, 0.1) is 0 Å². The Bertz CT molecular complexity index is 201. The summed E-state index contributed by atoms with van der Waals surface area (Å²) in [7, 11) is 0. The molecular formula is C9H14N2O. The molecule has 2 N–H and O–H groups in total. The summed E-state index contributed by atoms with van der Waals surface area (Å²) in [6.45, 7) is 1.14. The lowest BCUT2D eigenvalue weighted by atomic mass is 10.3. The van der Waals surface area contributed by atoms with Crippen LogP contribution >= 0.6 is 0 Å².